The van der Waals surface area contributed by atoms with Gasteiger partial charge in [-0.15, -0.1) is 0 Å². The van der Waals surface area contributed by atoms with Crippen LogP contribution in [0.1, 0.15) is 29.9 Å². The number of benzene rings is 1. The normalized spacial score (nSPS) is 19.8. The van der Waals surface area contributed by atoms with Crippen molar-refractivity contribution in [2.45, 2.75) is 32.5 Å². The maximum atomic E-state index is 13.1. The lowest BCUT2D eigenvalue weighted by Crippen LogP contribution is -2.55. The fraction of sp³-hybridized carbons (Fsp3) is 0.474. The summed E-state index contributed by atoms with van der Waals surface area (Å²) < 4.78 is 13.0. The quantitative estimate of drug-likeness (QED) is 0.856. The van der Waals surface area contributed by atoms with E-state index in [2.05, 4.69) is 5.10 Å². The highest BCUT2D eigenvalue weighted by molar-refractivity contribution is 5.95. The minimum atomic E-state index is -0.402. The van der Waals surface area contributed by atoms with Crippen LogP contribution < -0.4 is 0 Å². The molecule has 1 amide bonds. The number of rotatable bonds is 4. The number of aromatic nitrogens is 2. The van der Waals surface area contributed by atoms with Crippen LogP contribution >= 0.6 is 0 Å². The minimum Gasteiger partial charge on any atom is -0.382 e. The standard InChI is InChI=1S/C19H25N3O3/c1-14-17(11-22(20-14)15-8-6-5-7-9-15)18(23)21-10-16(12-24-4)25-19(2,3)13-21/h5-9,11,16H,10,12-13H2,1-4H3/t16-/m1/s1. The Balaban J connectivity index is 1.84. The van der Waals surface area contributed by atoms with Crippen LogP contribution in [0.3, 0.4) is 0 Å². The molecule has 1 aliphatic rings. The van der Waals surface area contributed by atoms with E-state index >= 15 is 0 Å². The molecule has 1 saturated heterocycles. The van der Waals surface area contributed by atoms with E-state index in [-0.39, 0.29) is 12.0 Å². The molecule has 0 spiro atoms. The molecule has 0 radical (unpaired) electrons. The molecule has 1 aromatic carbocycles. The molecule has 0 aliphatic carbocycles. The van der Waals surface area contributed by atoms with Crippen molar-refractivity contribution in [2.75, 3.05) is 26.8 Å². The van der Waals surface area contributed by atoms with E-state index in [1.165, 1.54) is 0 Å². The Kier molecular flexibility index (Phi) is 4.92. The molecule has 2 aromatic rings. The number of methoxy groups -OCH3 is 1. The molecule has 2 heterocycles. The van der Waals surface area contributed by atoms with Gasteiger partial charge in [0.2, 0.25) is 0 Å². The van der Waals surface area contributed by atoms with E-state index in [1.54, 1.807) is 18.0 Å². The van der Waals surface area contributed by atoms with Crippen LogP contribution in [0.25, 0.3) is 5.69 Å². The SMILES string of the molecule is COC[C@H]1CN(C(=O)c2cn(-c3ccccc3)nc2C)CC(C)(C)O1. The Bertz CT molecular complexity index is 740. The monoisotopic (exact) mass is 343 g/mol. The van der Waals surface area contributed by atoms with Crippen molar-refractivity contribution in [2.24, 2.45) is 0 Å². The third-order valence-corrected chi connectivity index (χ3v) is 4.27. The summed E-state index contributed by atoms with van der Waals surface area (Å²) >= 11 is 0. The van der Waals surface area contributed by atoms with Crippen molar-refractivity contribution >= 4 is 5.91 Å². The zero-order valence-electron chi connectivity index (χ0n) is 15.2. The molecule has 0 unspecified atom stereocenters. The highest BCUT2D eigenvalue weighted by Gasteiger charge is 2.36. The Morgan fingerprint density at radius 2 is 2.08 bits per heavy atom. The fourth-order valence-corrected chi connectivity index (χ4v) is 3.28. The van der Waals surface area contributed by atoms with Crippen molar-refractivity contribution in [3.63, 3.8) is 0 Å². The molecule has 1 atom stereocenters. The summed E-state index contributed by atoms with van der Waals surface area (Å²) in [5.74, 6) is -0.0165. The third-order valence-electron chi connectivity index (χ3n) is 4.27. The molecule has 6 heteroatoms. The Morgan fingerprint density at radius 3 is 2.76 bits per heavy atom. The van der Waals surface area contributed by atoms with Gasteiger partial charge in [0, 0.05) is 26.4 Å². The van der Waals surface area contributed by atoms with E-state index in [1.807, 2.05) is 56.0 Å². The molecule has 6 nitrogen and oxygen atoms in total. The van der Waals surface area contributed by atoms with Crippen LogP contribution in [0, 0.1) is 6.92 Å². The lowest BCUT2D eigenvalue weighted by atomic mass is 10.0. The number of carbonyl (C=O) groups excluding carboxylic acids is 1. The Labute approximate surface area is 148 Å². The van der Waals surface area contributed by atoms with E-state index in [4.69, 9.17) is 9.47 Å². The second-order valence-corrected chi connectivity index (χ2v) is 7.05. The zero-order valence-corrected chi connectivity index (χ0v) is 15.2. The average Bonchev–Trinajstić information content (AvgIpc) is 2.95. The molecular weight excluding hydrogens is 318 g/mol. The smallest absolute Gasteiger partial charge is 0.257 e. The first-order valence-corrected chi connectivity index (χ1v) is 8.47. The minimum absolute atomic E-state index is 0.0165. The highest BCUT2D eigenvalue weighted by Crippen LogP contribution is 2.24. The maximum absolute atomic E-state index is 13.1. The number of hydrogen-bond donors (Lipinski definition) is 0. The first-order chi connectivity index (χ1) is 11.9. The van der Waals surface area contributed by atoms with Gasteiger partial charge in [-0.25, -0.2) is 4.68 Å². The van der Waals surface area contributed by atoms with Gasteiger partial charge < -0.3 is 14.4 Å². The molecule has 3 rings (SSSR count). The fourth-order valence-electron chi connectivity index (χ4n) is 3.28. The number of ether oxygens (including phenoxy) is 2. The van der Waals surface area contributed by atoms with Gasteiger partial charge in [-0.05, 0) is 32.9 Å². The Hall–Kier alpha value is -2.18. The summed E-state index contributed by atoms with van der Waals surface area (Å²) in [5, 5.41) is 4.50. The van der Waals surface area contributed by atoms with Crippen LogP contribution in [0.4, 0.5) is 0 Å². The number of amides is 1. The van der Waals surface area contributed by atoms with E-state index in [9.17, 15) is 4.79 Å². The van der Waals surface area contributed by atoms with Crippen LogP contribution in [-0.4, -0.2) is 59.1 Å². The highest BCUT2D eigenvalue weighted by atomic mass is 16.5. The van der Waals surface area contributed by atoms with Crippen molar-refractivity contribution in [1.82, 2.24) is 14.7 Å². The molecular formula is C19H25N3O3. The van der Waals surface area contributed by atoms with Gasteiger partial charge in [0.15, 0.2) is 0 Å². The number of carbonyl (C=O) groups is 1. The summed E-state index contributed by atoms with van der Waals surface area (Å²) in [4.78, 5) is 14.9. The summed E-state index contributed by atoms with van der Waals surface area (Å²) in [6, 6.07) is 9.79. The second kappa shape index (κ2) is 6.98. The third kappa shape index (κ3) is 3.91. The molecule has 1 aliphatic heterocycles. The molecule has 25 heavy (non-hydrogen) atoms. The number of nitrogens with zero attached hydrogens (tertiary/aromatic N) is 3. The zero-order chi connectivity index (χ0) is 18.0. The second-order valence-electron chi connectivity index (χ2n) is 7.05. The van der Waals surface area contributed by atoms with Crippen LogP contribution in [-0.2, 0) is 9.47 Å². The summed E-state index contributed by atoms with van der Waals surface area (Å²) in [6.45, 7) is 7.39. The molecule has 134 valence electrons. The number of hydrogen-bond acceptors (Lipinski definition) is 4. The Morgan fingerprint density at radius 1 is 1.36 bits per heavy atom. The van der Waals surface area contributed by atoms with Gasteiger partial charge >= 0.3 is 0 Å². The first-order valence-electron chi connectivity index (χ1n) is 8.47. The van der Waals surface area contributed by atoms with Crippen LogP contribution in [0.5, 0.6) is 0 Å². The lowest BCUT2D eigenvalue weighted by molar-refractivity contribution is -0.143. The molecule has 1 fully saturated rings. The van der Waals surface area contributed by atoms with Crippen LogP contribution in [0.2, 0.25) is 0 Å². The first kappa shape index (κ1) is 17.6. The van der Waals surface area contributed by atoms with Gasteiger partial charge in [-0.3, -0.25) is 4.79 Å². The van der Waals surface area contributed by atoms with Gasteiger partial charge in [-0.2, -0.15) is 5.10 Å². The van der Waals surface area contributed by atoms with E-state index < -0.39 is 5.60 Å². The van der Waals surface area contributed by atoms with Gasteiger partial charge in [0.1, 0.15) is 0 Å². The van der Waals surface area contributed by atoms with Crippen molar-refractivity contribution in [3.8, 4) is 5.69 Å². The molecule has 0 N–H and O–H groups in total. The largest absolute Gasteiger partial charge is 0.382 e. The molecule has 0 saturated carbocycles. The topological polar surface area (TPSA) is 56.6 Å². The molecule has 0 bridgehead atoms. The van der Waals surface area contributed by atoms with Gasteiger partial charge in [-0.1, -0.05) is 18.2 Å². The number of aryl methyl sites for hydroxylation is 1. The van der Waals surface area contributed by atoms with Crippen LogP contribution in [0.15, 0.2) is 36.5 Å². The lowest BCUT2D eigenvalue weighted by Gasteiger charge is -2.42. The van der Waals surface area contributed by atoms with Crippen molar-refractivity contribution in [3.05, 3.63) is 47.8 Å². The predicted molar refractivity (Wildman–Crippen MR) is 95.0 cm³/mol. The van der Waals surface area contributed by atoms with Crippen molar-refractivity contribution < 1.29 is 14.3 Å². The van der Waals surface area contributed by atoms with E-state index in [0.717, 1.165) is 11.4 Å². The average molecular weight is 343 g/mol. The summed E-state index contributed by atoms with van der Waals surface area (Å²) in [6.07, 6.45) is 1.68. The van der Waals surface area contributed by atoms with Crippen molar-refractivity contribution in [1.29, 1.82) is 0 Å². The summed E-state index contributed by atoms with van der Waals surface area (Å²) in [7, 11) is 1.64. The van der Waals surface area contributed by atoms with Gasteiger partial charge in [0.25, 0.3) is 5.91 Å². The van der Waals surface area contributed by atoms with Gasteiger partial charge in [0.05, 0.1) is 35.3 Å². The summed E-state index contributed by atoms with van der Waals surface area (Å²) in [5.41, 5.74) is 1.88. The maximum Gasteiger partial charge on any atom is 0.257 e. The van der Waals surface area contributed by atoms with E-state index in [0.29, 0.717) is 25.3 Å². The number of morpholine rings is 1. The molecule has 1 aromatic heterocycles. The number of para-hydroxylation sites is 1. The predicted octanol–water partition coefficient (Wildman–Crippen LogP) is 2.45.